The van der Waals surface area contributed by atoms with Crippen molar-refractivity contribution in [2.24, 2.45) is 0 Å². The van der Waals surface area contributed by atoms with Crippen LogP contribution in [0.25, 0.3) is 0 Å². The number of nitrogens with one attached hydrogen (secondary N) is 2. The molecule has 0 saturated carbocycles. The van der Waals surface area contributed by atoms with Crippen LogP contribution in [0.3, 0.4) is 0 Å². The Kier molecular flexibility index (Phi) is 3.44. The van der Waals surface area contributed by atoms with E-state index in [1.54, 1.807) is 18.2 Å². The first kappa shape index (κ1) is 11.2. The van der Waals surface area contributed by atoms with Crippen molar-refractivity contribution in [3.63, 3.8) is 0 Å². The van der Waals surface area contributed by atoms with E-state index < -0.39 is 0 Å². The SMILES string of the molecule is [CH2]c1c(NC(C)=O)cccc1NC(C)=O. The maximum atomic E-state index is 10.9. The third kappa shape index (κ3) is 3.09. The van der Waals surface area contributed by atoms with Crippen molar-refractivity contribution in [2.75, 3.05) is 10.6 Å². The molecule has 0 aliphatic rings. The van der Waals surface area contributed by atoms with E-state index in [1.165, 1.54) is 13.8 Å². The number of amides is 2. The second kappa shape index (κ2) is 4.59. The zero-order valence-corrected chi connectivity index (χ0v) is 8.76. The summed E-state index contributed by atoms with van der Waals surface area (Å²) in [5, 5.41) is 5.27. The minimum absolute atomic E-state index is 0.167. The predicted octanol–water partition coefficient (Wildman–Crippen LogP) is 1.79. The summed E-state index contributed by atoms with van der Waals surface area (Å²) < 4.78 is 0. The highest BCUT2D eigenvalue weighted by molar-refractivity contribution is 5.94. The molecule has 0 aliphatic heterocycles. The minimum atomic E-state index is -0.167. The van der Waals surface area contributed by atoms with Crippen LogP contribution in [0.15, 0.2) is 18.2 Å². The van der Waals surface area contributed by atoms with Gasteiger partial charge in [0, 0.05) is 25.2 Å². The van der Waals surface area contributed by atoms with Crippen molar-refractivity contribution in [3.8, 4) is 0 Å². The summed E-state index contributed by atoms with van der Waals surface area (Å²) in [5.41, 5.74) is 1.81. The average Bonchev–Trinajstić information content (AvgIpc) is 2.10. The van der Waals surface area contributed by atoms with Crippen molar-refractivity contribution in [1.29, 1.82) is 0 Å². The lowest BCUT2D eigenvalue weighted by atomic mass is 10.1. The third-order valence-electron chi connectivity index (χ3n) is 1.80. The van der Waals surface area contributed by atoms with E-state index >= 15 is 0 Å². The molecule has 0 spiro atoms. The molecule has 0 aromatic heterocycles. The van der Waals surface area contributed by atoms with Gasteiger partial charge in [0.25, 0.3) is 0 Å². The molecule has 0 unspecified atom stereocenters. The highest BCUT2D eigenvalue weighted by atomic mass is 16.2. The van der Waals surface area contributed by atoms with E-state index in [-0.39, 0.29) is 11.8 Å². The minimum Gasteiger partial charge on any atom is -0.326 e. The third-order valence-corrected chi connectivity index (χ3v) is 1.80. The fraction of sp³-hybridized carbons (Fsp3) is 0.182. The molecule has 2 N–H and O–H groups in total. The normalized spacial score (nSPS) is 9.53. The number of anilines is 2. The lowest BCUT2D eigenvalue weighted by Crippen LogP contribution is -2.11. The lowest BCUT2D eigenvalue weighted by Gasteiger charge is -2.11. The molecule has 0 heterocycles. The standard InChI is InChI=1S/C11H13N2O2/c1-7-10(12-8(2)14)5-4-6-11(7)13-9(3)15/h4-6H,1H2,2-3H3,(H,12,14)(H,13,15). The van der Waals surface area contributed by atoms with Crippen LogP contribution in [0.2, 0.25) is 0 Å². The fourth-order valence-corrected chi connectivity index (χ4v) is 1.20. The molecule has 0 atom stereocenters. The number of benzene rings is 1. The Morgan fingerprint density at radius 3 is 1.80 bits per heavy atom. The van der Waals surface area contributed by atoms with Gasteiger partial charge in [0.1, 0.15) is 0 Å². The molecule has 1 radical (unpaired) electrons. The van der Waals surface area contributed by atoms with Crippen LogP contribution in [0.4, 0.5) is 11.4 Å². The van der Waals surface area contributed by atoms with Gasteiger partial charge < -0.3 is 10.6 Å². The van der Waals surface area contributed by atoms with Gasteiger partial charge in [0.2, 0.25) is 11.8 Å². The molecule has 1 rings (SSSR count). The fourth-order valence-electron chi connectivity index (χ4n) is 1.20. The predicted molar refractivity (Wildman–Crippen MR) is 59.5 cm³/mol. The molecule has 79 valence electrons. The Balaban J connectivity index is 2.99. The van der Waals surface area contributed by atoms with E-state index in [2.05, 4.69) is 17.6 Å². The number of hydrogen-bond acceptors (Lipinski definition) is 2. The average molecular weight is 205 g/mol. The highest BCUT2D eigenvalue weighted by Crippen LogP contribution is 2.22. The zero-order chi connectivity index (χ0) is 11.4. The van der Waals surface area contributed by atoms with Crippen LogP contribution < -0.4 is 10.6 Å². The Bertz CT molecular complexity index is 365. The van der Waals surface area contributed by atoms with E-state index in [0.717, 1.165) is 0 Å². The number of rotatable bonds is 2. The van der Waals surface area contributed by atoms with Gasteiger partial charge in [-0.05, 0) is 24.6 Å². The van der Waals surface area contributed by atoms with Crippen LogP contribution in [0, 0.1) is 6.92 Å². The van der Waals surface area contributed by atoms with Crippen LogP contribution in [-0.2, 0) is 9.59 Å². The molecular formula is C11H13N2O2. The summed E-state index contributed by atoms with van der Waals surface area (Å²) in [5.74, 6) is -0.334. The molecule has 4 nitrogen and oxygen atoms in total. The topological polar surface area (TPSA) is 58.2 Å². The summed E-state index contributed by atoms with van der Waals surface area (Å²) >= 11 is 0. The molecule has 1 aromatic rings. The van der Waals surface area contributed by atoms with Gasteiger partial charge in [-0.15, -0.1) is 0 Å². The number of carbonyl (C=O) groups excluding carboxylic acids is 2. The molecule has 15 heavy (non-hydrogen) atoms. The molecule has 1 aromatic carbocycles. The summed E-state index contributed by atoms with van der Waals surface area (Å²) in [7, 11) is 0. The monoisotopic (exact) mass is 205 g/mol. The van der Waals surface area contributed by atoms with Crippen molar-refractivity contribution in [3.05, 3.63) is 30.7 Å². The maximum absolute atomic E-state index is 10.9. The molecular weight excluding hydrogens is 192 g/mol. The Labute approximate surface area is 88.7 Å². The van der Waals surface area contributed by atoms with Gasteiger partial charge >= 0.3 is 0 Å². The molecule has 4 heteroatoms. The molecule has 2 amide bonds. The lowest BCUT2D eigenvalue weighted by molar-refractivity contribution is -0.115. The number of carbonyl (C=O) groups is 2. The van der Waals surface area contributed by atoms with Crippen LogP contribution in [0.5, 0.6) is 0 Å². The van der Waals surface area contributed by atoms with Crippen molar-refractivity contribution in [2.45, 2.75) is 13.8 Å². The Morgan fingerprint density at radius 2 is 1.47 bits per heavy atom. The van der Waals surface area contributed by atoms with E-state index in [9.17, 15) is 9.59 Å². The summed E-state index contributed by atoms with van der Waals surface area (Å²) in [6.07, 6.45) is 0. The quantitative estimate of drug-likeness (QED) is 0.773. The van der Waals surface area contributed by atoms with Crippen LogP contribution in [-0.4, -0.2) is 11.8 Å². The summed E-state index contributed by atoms with van der Waals surface area (Å²) in [4.78, 5) is 21.7. The van der Waals surface area contributed by atoms with Gasteiger partial charge in [-0.3, -0.25) is 9.59 Å². The van der Waals surface area contributed by atoms with E-state index in [1.807, 2.05) is 0 Å². The largest absolute Gasteiger partial charge is 0.326 e. The second-order valence-electron chi connectivity index (χ2n) is 3.19. The summed E-state index contributed by atoms with van der Waals surface area (Å²) in [6.45, 7) is 6.64. The highest BCUT2D eigenvalue weighted by Gasteiger charge is 2.05. The first-order chi connectivity index (χ1) is 7.00. The van der Waals surface area contributed by atoms with Crippen LogP contribution >= 0.6 is 0 Å². The summed E-state index contributed by atoms with van der Waals surface area (Å²) in [6, 6.07) is 5.20. The second-order valence-corrected chi connectivity index (χ2v) is 3.19. The Morgan fingerprint density at radius 1 is 1.07 bits per heavy atom. The Hall–Kier alpha value is -1.84. The van der Waals surface area contributed by atoms with E-state index in [4.69, 9.17) is 0 Å². The zero-order valence-electron chi connectivity index (χ0n) is 8.76. The first-order valence-corrected chi connectivity index (χ1v) is 4.51. The van der Waals surface area contributed by atoms with Gasteiger partial charge in [-0.25, -0.2) is 0 Å². The van der Waals surface area contributed by atoms with Gasteiger partial charge in [-0.1, -0.05) is 6.07 Å². The van der Waals surface area contributed by atoms with Gasteiger partial charge in [0.15, 0.2) is 0 Å². The maximum Gasteiger partial charge on any atom is 0.221 e. The smallest absolute Gasteiger partial charge is 0.221 e. The van der Waals surface area contributed by atoms with Crippen molar-refractivity contribution >= 4 is 23.2 Å². The van der Waals surface area contributed by atoms with Gasteiger partial charge in [0.05, 0.1) is 0 Å². The molecule has 0 aliphatic carbocycles. The van der Waals surface area contributed by atoms with E-state index in [0.29, 0.717) is 16.9 Å². The van der Waals surface area contributed by atoms with Gasteiger partial charge in [-0.2, -0.15) is 0 Å². The molecule has 0 bridgehead atoms. The van der Waals surface area contributed by atoms with Crippen molar-refractivity contribution < 1.29 is 9.59 Å². The molecule has 0 saturated heterocycles. The van der Waals surface area contributed by atoms with Crippen molar-refractivity contribution in [1.82, 2.24) is 0 Å². The number of hydrogen-bond donors (Lipinski definition) is 2. The molecule has 0 fully saturated rings. The first-order valence-electron chi connectivity index (χ1n) is 4.51. The van der Waals surface area contributed by atoms with Crippen LogP contribution in [0.1, 0.15) is 19.4 Å².